The molecular formula is C21H31N3O2. The third kappa shape index (κ3) is 5.07. The Morgan fingerprint density at radius 3 is 2.65 bits per heavy atom. The lowest BCUT2D eigenvalue weighted by atomic mass is 9.89. The van der Waals surface area contributed by atoms with E-state index in [1.54, 1.807) is 0 Å². The number of amides is 2. The lowest BCUT2D eigenvalue weighted by Gasteiger charge is -2.28. The van der Waals surface area contributed by atoms with Crippen LogP contribution in [0, 0.1) is 11.8 Å². The molecule has 5 heteroatoms. The average molecular weight is 357 g/mol. The van der Waals surface area contributed by atoms with E-state index < -0.39 is 0 Å². The summed E-state index contributed by atoms with van der Waals surface area (Å²) in [4.78, 5) is 24.3. The van der Waals surface area contributed by atoms with Gasteiger partial charge in [-0.1, -0.05) is 26.0 Å². The SMILES string of the molecule is CCC(C)C(=O)Nc1cccc(CNC(=O)CC2CC3CCC(C2)N3)c1. The predicted molar refractivity (Wildman–Crippen MR) is 104 cm³/mol. The zero-order chi connectivity index (χ0) is 18.5. The molecule has 0 aliphatic carbocycles. The van der Waals surface area contributed by atoms with Crippen LogP contribution in [0.5, 0.6) is 0 Å². The molecule has 2 bridgehead atoms. The number of rotatable bonds is 7. The first-order valence-corrected chi connectivity index (χ1v) is 9.96. The van der Waals surface area contributed by atoms with Crippen LogP contribution >= 0.6 is 0 Å². The summed E-state index contributed by atoms with van der Waals surface area (Å²) >= 11 is 0. The van der Waals surface area contributed by atoms with Gasteiger partial charge in [0.15, 0.2) is 0 Å². The largest absolute Gasteiger partial charge is 0.352 e. The number of fused-ring (bicyclic) bond motifs is 2. The number of benzene rings is 1. The standard InChI is InChI=1S/C21H31N3O2/c1-3-14(2)21(26)24-17-6-4-5-15(9-17)13-22-20(25)12-16-10-18-7-8-19(11-16)23-18/h4-6,9,14,16,18-19,23H,3,7-8,10-13H2,1-2H3,(H,22,25)(H,24,26). The molecular weight excluding hydrogens is 326 g/mol. The summed E-state index contributed by atoms with van der Waals surface area (Å²) in [7, 11) is 0. The van der Waals surface area contributed by atoms with Crippen molar-refractivity contribution in [2.24, 2.45) is 11.8 Å². The van der Waals surface area contributed by atoms with Gasteiger partial charge in [0.05, 0.1) is 0 Å². The number of piperidine rings is 1. The maximum absolute atomic E-state index is 12.3. The zero-order valence-electron chi connectivity index (χ0n) is 15.9. The van der Waals surface area contributed by atoms with Crippen LogP contribution in [0.25, 0.3) is 0 Å². The predicted octanol–water partition coefficient (Wildman–Crippen LogP) is 3.21. The van der Waals surface area contributed by atoms with E-state index in [0.29, 0.717) is 31.0 Å². The van der Waals surface area contributed by atoms with Crippen molar-refractivity contribution < 1.29 is 9.59 Å². The summed E-state index contributed by atoms with van der Waals surface area (Å²) in [6.07, 6.45) is 6.22. The van der Waals surface area contributed by atoms with Crippen LogP contribution in [0.1, 0.15) is 57.9 Å². The minimum absolute atomic E-state index is 0.00126. The van der Waals surface area contributed by atoms with Gasteiger partial charge in [-0.15, -0.1) is 0 Å². The highest BCUT2D eigenvalue weighted by molar-refractivity contribution is 5.92. The molecule has 3 unspecified atom stereocenters. The molecule has 3 rings (SSSR count). The van der Waals surface area contributed by atoms with E-state index in [2.05, 4.69) is 16.0 Å². The molecule has 2 heterocycles. The van der Waals surface area contributed by atoms with Gasteiger partial charge < -0.3 is 16.0 Å². The van der Waals surface area contributed by atoms with Crippen LogP contribution in [0.15, 0.2) is 24.3 Å². The first kappa shape index (κ1) is 18.9. The van der Waals surface area contributed by atoms with Gasteiger partial charge in [-0.05, 0) is 55.7 Å². The van der Waals surface area contributed by atoms with Crippen LogP contribution in [0.2, 0.25) is 0 Å². The van der Waals surface area contributed by atoms with Gasteiger partial charge in [0.1, 0.15) is 0 Å². The minimum atomic E-state index is -0.00126. The molecule has 142 valence electrons. The van der Waals surface area contributed by atoms with E-state index in [9.17, 15) is 9.59 Å². The molecule has 1 aromatic carbocycles. The van der Waals surface area contributed by atoms with Gasteiger partial charge in [0, 0.05) is 36.7 Å². The lowest BCUT2D eigenvalue weighted by Crippen LogP contribution is -2.39. The average Bonchev–Trinajstić information content (AvgIpc) is 2.98. The highest BCUT2D eigenvalue weighted by Gasteiger charge is 2.34. The van der Waals surface area contributed by atoms with E-state index in [1.165, 1.54) is 12.8 Å². The minimum Gasteiger partial charge on any atom is -0.352 e. The van der Waals surface area contributed by atoms with Crippen molar-refractivity contribution in [3.63, 3.8) is 0 Å². The molecule has 1 aromatic rings. The van der Waals surface area contributed by atoms with Gasteiger partial charge in [0.2, 0.25) is 11.8 Å². The maximum atomic E-state index is 12.3. The number of hydrogen-bond acceptors (Lipinski definition) is 3. The Balaban J connectivity index is 1.46. The highest BCUT2D eigenvalue weighted by Crippen LogP contribution is 2.32. The molecule has 5 nitrogen and oxygen atoms in total. The molecule has 26 heavy (non-hydrogen) atoms. The molecule has 2 aliphatic rings. The van der Waals surface area contributed by atoms with Gasteiger partial charge >= 0.3 is 0 Å². The third-order valence-electron chi connectivity index (χ3n) is 5.79. The van der Waals surface area contributed by atoms with Crippen molar-refractivity contribution in [2.75, 3.05) is 5.32 Å². The van der Waals surface area contributed by atoms with Crippen molar-refractivity contribution in [1.29, 1.82) is 0 Å². The van der Waals surface area contributed by atoms with Crippen molar-refractivity contribution >= 4 is 17.5 Å². The normalized spacial score (nSPS) is 25.5. The van der Waals surface area contributed by atoms with Crippen LogP contribution in [-0.2, 0) is 16.1 Å². The van der Waals surface area contributed by atoms with Crippen LogP contribution < -0.4 is 16.0 Å². The van der Waals surface area contributed by atoms with Crippen molar-refractivity contribution in [2.45, 2.75) is 71.0 Å². The molecule has 0 spiro atoms. The molecule has 0 radical (unpaired) electrons. The molecule has 0 aromatic heterocycles. The molecule has 3 atom stereocenters. The molecule has 2 amide bonds. The fourth-order valence-corrected chi connectivity index (χ4v) is 4.09. The second-order valence-corrected chi connectivity index (χ2v) is 7.96. The number of hydrogen-bond donors (Lipinski definition) is 3. The molecule has 3 N–H and O–H groups in total. The topological polar surface area (TPSA) is 70.2 Å². The molecule has 0 saturated carbocycles. The third-order valence-corrected chi connectivity index (χ3v) is 5.79. The first-order valence-electron chi connectivity index (χ1n) is 9.96. The summed E-state index contributed by atoms with van der Waals surface area (Å²) in [6.45, 7) is 4.43. The Bertz CT molecular complexity index is 634. The second-order valence-electron chi connectivity index (χ2n) is 7.96. The summed E-state index contributed by atoms with van der Waals surface area (Å²) in [6, 6.07) is 8.96. The molecule has 2 saturated heterocycles. The monoisotopic (exact) mass is 357 g/mol. The highest BCUT2D eigenvalue weighted by atomic mass is 16.2. The Morgan fingerprint density at radius 2 is 1.96 bits per heavy atom. The van der Waals surface area contributed by atoms with Crippen molar-refractivity contribution in [3.05, 3.63) is 29.8 Å². The van der Waals surface area contributed by atoms with Gasteiger partial charge in [0.25, 0.3) is 0 Å². The van der Waals surface area contributed by atoms with Crippen molar-refractivity contribution in [1.82, 2.24) is 10.6 Å². The van der Waals surface area contributed by atoms with Crippen LogP contribution in [0.4, 0.5) is 5.69 Å². The first-order chi connectivity index (χ1) is 12.5. The van der Waals surface area contributed by atoms with E-state index in [4.69, 9.17) is 0 Å². The maximum Gasteiger partial charge on any atom is 0.227 e. The van der Waals surface area contributed by atoms with Crippen LogP contribution in [0.3, 0.4) is 0 Å². The number of anilines is 1. The Kier molecular flexibility index (Phi) is 6.30. The molecule has 2 fully saturated rings. The Labute approximate surface area is 156 Å². The van der Waals surface area contributed by atoms with E-state index in [0.717, 1.165) is 30.5 Å². The van der Waals surface area contributed by atoms with E-state index in [1.807, 2.05) is 38.1 Å². The second kappa shape index (κ2) is 8.67. The fourth-order valence-electron chi connectivity index (χ4n) is 4.09. The summed E-state index contributed by atoms with van der Waals surface area (Å²) in [5, 5.41) is 9.60. The van der Waals surface area contributed by atoms with Crippen molar-refractivity contribution in [3.8, 4) is 0 Å². The smallest absolute Gasteiger partial charge is 0.227 e. The molecule has 2 aliphatic heterocycles. The number of carbonyl (C=O) groups excluding carboxylic acids is 2. The Hall–Kier alpha value is -1.88. The number of carbonyl (C=O) groups is 2. The summed E-state index contributed by atoms with van der Waals surface area (Å²) in [5.74, 6) is 0.674. The van der Waals surface area contributed by atoms with E-state index in [-0.39, 0.29) is 17.7 Å². The summed E-state index contributed by atoms with van der Waals surface area (Å²) in [5.41, 5.74) is 1.79. The lowest BCUT2D eigenvalue weighted by molar-refractivity contribution is -0.122. The summed E-state index contributed by atoms with van der Waals surface area (Å²) < 4.78 is 0. The zero-order valence-corrected chi connectivity index (χ0v) is 15.9. The quantitative estimate of drug-likeness (QED) is 0.702. The van der Waals surface area contributed by atoms with Crippen LogP contribution in [-0.4, -0.2) is 23.9 Å². The van der Waals surface area contributed by atoms with Gasteiger partial charge in [-0.2, -0.15) is 0 Å². The van der Waals surface area contributed by atoms with Gasteiger partial charge in [-0.3, -0.25) is 9.59 Å². The fraction of sp³-hybridized carbons (Fsp3) is 0.619. The van der Waals surface area contributed by atoms with Gasteiger partial charge in [-0.25, -0.2) is 0 Å². The Morgan fingerprint density at radius 1 is 1.23 bits per heavy atom. The number of nitrogens with one attached hydrogen (secondary N) is 3. The van der Waals surface area contributed by atoms with E-state index >= 15 is 0 Å².